The molecule has 1 aromatic heterocycles. The Balaban J connectivity index is 2.53. The quantitative estimate of drug-likeness (QED) is 0.914. The number of nitrogens with zero attached hydrogens (tertiary/aromatic N) is 1. The second-order valence-corrected chi connectivity index (χ2v) is 3.79. The van der Waals surface area contributed by atoms with Gasteiger partial charge >= 0.3 is 0 Å². The zero-order valence-corrected chi connectivity index (χ0v) is 9.16. The van der Waals surface area contributed by atoms with E-state index in [0.29, 0.717) is 21.5 Å². The second-order valence-electron chi connectivity index (χ2n) is 2.93. The van der Waals surface area contributed by atoms with Crippen molar-refractivity contribution in [2.24, 2.45) is 0 Å². The van der Waals surface area contributed by atoms with E-state index in [1.807, 2.05) is 0 Å². The van der Waals surface area contributed by atoms with Gasteiger partial charge in [-0.15, -0.1) is 0 Å². The van der Waals surface area contributed by atoms with Gasteiger partial charge in [-0.3, -0.25) is 0 Å². The van der Waals surface area contributed by atoms with Gasteiger partial charge in [-0.2, -0.15) is 0 Å². The van der Waals surface area contributed by atoms with E-state index in [2.05, 4.69) is 21.1 Å². The standard InChI is InChI=1S/C10H7BrFNO2/c11-7-2-1-3-8(12)10(7)9-4-6(5-14)15-13-9/h1-4,14H,5H2. The fraction of sp³-hybridized carbons (Fsp3) is 0.100. The van der Waals surface area contributed by atoms with Crippen molar-refractivity contribution in [2.45, 2.75) is 6.61 Å². The van der Waals surface area contributed by atoms with E-state index in [1.165, 1.54) is 12.1 Å². The van der Waals surface area contributed by atoms with E-state index in [1.54, 1.807) is 12.1 Å². The lowest BCUT2D eigenvalue weighted by Crippen LogP contribution is -1.85. The van der Waals surface area contributed by atoms with Gasteiger partial charge in [-0.25, -0.2) is 4.39 Å². The van der Waals surface area contributed by atoms with Crippen molar-refractivity contribution in [3.8, 4) is 11.3 Å². The Bertz CT molecular complexity index is 464. The van der Waals surface area contributed by atoms with E-state index in [4.69, 9.17) is 9.63 Å². The molecule has 78 valence electrons. The number of aromatic nitrogens is 1. The lowest BCUT2D eigenvalue weighted by atomic mass is 10.1. The SMILES string of the molecule is OCc1cc(-c2c(F)cccc2Br)no1. The Labute approximate surface area is 93.6 Å². The second kappa shape index (κ2) is 4.12. The zero-order chi connectivity index (χ0) is 10.8. The van der Waals surface area contributed by atoms with Crippen LogP contribution in [-0.2, 0) is 6.61 Å². The van der Waals surface area contributed by atoms with E-state index in [9.17, 15) is 4.39 Å². The first-order chi connectivity index (χ1) is 7.22. The van der Waals surface area contributed by atoms with E-state index in [-0.39, 0.29) is 12.4 Å². The van der Waals surface area contributed by atoms with Crippen LogP contribution in [-0.4, -0.2) is 10.3 Å². The van der Waals surface area contributed by atoms with Gasteiger partial charge in [0.25, 0.3) is 0 Å². The molecule has 0 fully saturated rings. The van der Waals surface area contributed by atoms with Gasteiger partial charge in [-0.05, 0) is 28.1 Å². The summed E-state index contributed by atoms with van der Waals surface area (Å²) in [5.74, 6) is -0.0812. The first-order valence-electron chi connectivity index (χ1n) is 4.23. The Kier molecular flexibility index (Phi) is 2.83. The summed E-state index contributed by atoms with van der Waals surface area (Å²) in [4.78, 5) is 0. The van der Waals surface area contributed by atoms with Crippen LogP contribution in [0.2, 0.25) is 0 Å². The van der Waals surface area contributed by atoms with Crippen LogP contribution in [0.1, 0.15) is 5.76 Å². The third-order valence-electron chi connectivity index (χ3n) is 1.93. The number of hydrogen-bond donors (Lipinski definition) is 1. The van der Waals surface area contributed by atoms with E-state index >= 15 is 0 Å². The van der Waals surface area contributed by atoms with E-state index < -0.39 is 0 Å². The van der Waals surface area contributed by atoms with Gasteiger partial charge in [0, 0.05) is 10.5 Å². The molecule has 0 saturated heterocycles. The van der Waals surface area contributed by atoms with Crippen molar-refractivity contribution in [3.63, 3.8) is 0 Å². The maximum absolute atomic E-state index is 13.5. The molecule has 0 saturated carbocycles. The summed E-state index contributed by atoms with van der Waals surface area (Å²) in [5, 5.41) is 12.5. The number of benzene rings is 1. The highest BCUT2D eigenvalue weighted by Crippen LogP contribution is 2.30. The molecule has 0 spiro atoms. The molecular weight excluding hydrogens is 265 g/mol. The summed E-state index contributed by atoms with van der Waals surface area (Å²) in [5.41, 5.74) is 0.699. The Morgan fingerprint density at radius 3 is 2.87 bits per heavy atom. The van der Waals surface area contributed by atoms with Crippen molar-refractivity contribution in [2.75, 3.05) is 0 Å². The first-order valence-corrected chi connectivity index (χ1v) is 5.02. The zero-order valence-electron chi connectivity index (χ0n) is 7.58. The summed E-state index contributed by atoms with van der Waals surface area (Å²) in [7, 11) is 0. The molecule has 2 aromatic rings. The topological polar surface area (TPSA) is 46.3 Å². The fourth-order valence-corrected chi connectivity index (χ4v) is 1.79. The third kappa shape index (κ3) is 1.93. The molecule has 2 rings (SSSR count). The Morgan fingerprint density at radius 2 is 2.27 bits per heavy atom. The van der Waals surface area contributed by atoms with Crippen LogP contribution in [0.15, 0.2) is 33.3 Å². The summed E-state index contributed by atoms with van der Waals surface area (Å²) >= 11 is 3.23. The van der Waals surface area contributed by atoms with Crippen molar-refractivity contribution < 1.29 is 14.0 Å². The van der Waals surface area contributed by atoms with Crippen LogP contribution in [0.25, 0.3) is 11.3 Å². The van der Waals surface area contributed by atoms with Gasteiger partial charge < -0.3 is 9.63 Å². The summed E-state index contributed by atoms with van der Waals surface area (Å²) in [6.07, 6.45) is 0. The van der Waals surface area contributed by atoms with Gasteiger partial charge in [0.1, 0.15) is 18.1 Å². The number of aliphatic hydroxyl groups excluding tert-OH is 1. The van der Waals surface area contributed by atoms with Crippen molar-refractivity contribution >= 4 is 15.9 Å². The van der Waals surface area contributed by atoms with Crippen LogP contribution in [0.4, 0.5) is 4.39 Å². The molecule has 1 N–H and O–H groups in total. The largest absolute Gasteiger partial charge is 0.388 e. The van der Waals surface area contributed by atoms with Gasteiger partial charge in [0.05, 0.1) is 5.56 Å². The van der Waals surface area contributed by atoms with Crippen LogP contribution in [0.3, 0.4) is 0 Å². The Morgan fingerprint density at radius 1 is 1.47 bits per heavy atom. The maximum atomic E-state index is 13.5. The van der Waals surface area contributed by atoms with Crippen molar-refractivity contribution in [1.82, 2.24) is 5.16 Å². The summed E-state index contributed by atoms with van der Waals surface area (Å²) < 4.78 is 18.9. The number of hydrogen-bond acceptors (Lipinski definition) is 3. The predicted octanol–water partition coefficient (Wildman–Crippen LogP) is 2.74. The molecule has 0 unspecified atom stereocenters. The number of halogens is 2. The highest BCUT2D eigenvalue weighted by atomic mass is 79.9. The van der Waals surface area contributed by atoms with Crippen LogP contribution in [0.5, 0.6) is 0 Å². The lowest BCUT2D eigenvalue weighted by Gasteiger charge is -2.00. The monoisotopic (exact) mass is 271 g/mol. The van der Waals surface area contributed by atoms with Gasteiger partial charge in [-0.1, -0.05) is 11.2 Å². The number of aliphatic hydroxyl groups is 1. The predicted molar refractivity (Wildman–Crippen MR) is 55.5 cm³/mol. The molecule has 0 amide bonds. The molecule has 0 aliphatic carbocycles. The van der Waals surface area contributed by atoms with Crippen LogP contribution >= 0.6 is 15.9 Å². The summed E-state index contributed by atoms with van der Waals surface area (Å²) in [6, 6.07) is 6.15. The van der Waals surface area contributed by atoms with Gasteiger partial charge in [0.2, 0.25) is 0 Å². The average Bonchev–Trinajstić information content (AvgIpc) is 2.66. The molecule has 0 aliphatic rings. The lowest BCUT2D eigenvalue weighted by molar-refractivity contribution is 0.229. The minimum atomic E-state index is -0.387. The van der Waals surface area contributed by atoms with Crippen molar-refractivity contribution in [1.29, 1.82) is 0 Å². The van der Waals surface area contributed by atoms with Crippen molar-refractivity contribution in [3.05, 3.63) is 40.3 Å². The highest BCUT2D eigenvalue weighted by molar-refractivity contribution is 9.10. The highest BCUT2D eigenvalue weighted by Gasteiger charge is 2.13. The van der Waals surface area contributed by atoms with Crippen LogP contribution < -0.4 is 0 Å². The maximum Gasteiger partial charge on any atom is 0.162 e. The van der Waals surface area contributed by atoms with Gasteiger partial charge in [0.15, 0.2) is 5.76 Å². The normalized spacial score (nSPS) is 10.6. The Hall–Kier alpha value is -1.20. The first kappa shape index (κ1) is 10.3. The number of rotatable bonds is 2. The smallest absolute Gasteiger partial charge is 0.162 e. The molecule has 0 bridgehead atoms. The minimum Gasteiger partial charge on any atom is -0.388 e. The van der Waals surface area contributed by atoms with E-state index in [0.717, 1.165) is 0 Å². The molecule has 0 atom stereocenters. The molecule has 0 aliphatic heterocycles. The molecule has 5 heteroatoms. The molecule has 1 aromatic carbocycles. The third-order valence-corrected chi connectivity index (χ3v) is 2.59. The fourth-order valence-electron chi connectivity index (χ4n) is 1.25. The molecule has 1 heterocycles. The summed E-state index contributed by atoms with van der Waals surface area (Å²) in [6.45, 7) is -0.251. The molecule has 3 nitrogen and oxygen atoms in total. The molecule has 0 radical (unpaired) electrons. The molecule has 15 heavy (non-hydrogen) atoms. The van der Waals surface area contributed by atoms with Crippen LogP contribution in [0, 0.1) is 5.82 Å². The minimum absolute atomic E-state index is 0.251. The molecular formula is C10H7BrFNO2. The average molecular weight is 272 g/mol.